The number of benzene rings is 3. The number of para-hydroxylation sites is 1. The number of hydrogen-bond donors (Lipinski definition) is 4. The summed E-state index contributed by atoms with van der Waals surface area (Å²) in [6, 6.07) is 20.6. The molecule has 0 unspecified atom stereocenters. The zero-order valence-electron chi connectivity index (χ0n) is 25.7. The van der Waals surface area contributed by atoms with Gasteiger partial charge in [-0.1, -0.05) is 42.3 Å². The molecule has 9 heteroatoms. The van der Waals surface area contributed by atoms with E-state index in [1.54, 1.807) is 18.2 Å². The second-order valence-corrected chi connectivity index (χ2v) is 12.8. The number of halogens is 1. The fourth-order valence-corrected chi connectivity index (χ4v) is 7.28. The fraction of sp³-hybridized carbons (Fsp3) is 0.333. The predicted molar refractivity (Wildman–Crippen MR) is 184 cm³/mol. The summed E-state index contributed by atoms with van der Waals surface area (Å²) in [5.74, 6) is -2.05. The van der Waals surface area contributed by atoms with Crippen LogP contribution in [-0.4, -0.2) is 47.0 Å². The number of allylic oxidation sites excluding steroid dienone is 2. The number of aromatic hydroxyl groups is 1. The first-order valence-corrected chi connectivity index (χ1v) is 16.3. The number of aliphatic hydroxyl groups excluding tert-OH is 2. The molecule has 8 nitrogen and oxygen atoms in total. The number of amides is 2. The lowest BCUT2D eigenvalue weighted by molar-refractivity contribution is -0.123. The van der Waals surface area contributed by atoms with Crippen molar-refractivity contribution in [3.63, 3.8) is 0 Å². The molecule has 0 spiro atoms. The summed E-state index contributed by atoms with van der Waals surface area (Å²) in [6.45, 7) is 3.61. The van der Waals surface area contributed by atoms with Gasteiger partial charge in [-0.2, -0.15) is 0 Å². The maximum atomic E-state index is 13.8. The van der Waals surface area contributed by atoms with Gasteiger partial charge in [-0.3, -0.25) is 14.5 Å². The highest BCUT2D eigenvalue weighted by atomic mass is 127. The van der Waals surface area contributed by atoms with Gasteiger partial charge < -0.3 is 25.4 Å². The molecule has 1 saturated heterocycles. The van der Waals surface area contributed by atoms with Gasteiger partial charge in [-0.05, 0) is 115 Å². The monoisotopic (exact) mass is 722 g/mol. The zero-order valence-corrected chi connectivity index (χ0v) is 27.8. The first-order valence-electron chi connectivity index (χ1n) is 15.2. The Kier molecular flexibility index (Phi) is 10.3. The number of phenols is 1. The second kappa shape index (κ2) is 14.2. The van der Waals surface area contributed by atoms with Crippen LogP contribution >= 0.6 is 22.6 Å². The molecule has 1 aliphatic heterocycles. The number of aliphatic hydroxyl groups is 2. The largest absolute Gasteiger partial charge is 0.504 e. The Hall–Kier alpha value is -3.67. The van der Waals surface area contributed by atoms with Crippen molar-refractivity contribution >= 4 is 57.5 Å². The van der Waals surface area contributed by atoms with Crippen LogP contribution in [0.1, 0.15) is 45.1 Å². The minimum absolute atomic E-state index is 0.104. The maximum Gasteiger partial charge on any atom is 0.238 e. The highest BCUT2D eigenvalue weighted by Gasteiger charge is 2.54. The molecule has 0 bridgehead atoms. The number of anilines is 3. The fourth-order valence-electron chi connectivity index (χ4n) is 6.65. The van der Waals surface area contributed by atoms with Crippen molar-refractivity contribution in [3.8, 4) is 11.5 Å². The molecule has 4 atom stereocenters. The van der Waals surface area contributed by atoms with Crippen LogP contribution in [0, 0.1) is 21.3 Å². The van der Waals surface area contributed by atoms with E-state index in [4.69, 9.17) is 4.74 Å². The third-order valence-electron chi connectivity index (χ3n) is 8.91. The highest BCUT2D eigenvalue weighted by molar-refractivity contribution is 14.1. The Bertz CT molecular complexity index is 1620. The van der Waals surface area contributed by atoms with E-state index in [9.17, 15) is 24.9 Å². The van der Waals surface area contributed by atoms with Crippen LogP contribution in [-0.2, 0) is 9.59 Å². The smallest absolute Gasteiger partial charge is 0.238 e. The molecular formula is C36H39IN2O6. The van der Waals surface area contributed by atoms with Gasteiger partial charge in [-0.15, -0.1) is 0 Å². The van der Waals surface area contributed by atoms with E-state index in [0.717, 1.165) is 34.5 Å². The Morgan fingerprint density at radius 2 is 1.78 bits per heavy atom. The van der Waals surface area contributed by atoms with Crippen LogP contribution in [0.3, 0.4) is 0 Å². The molecule has 4 N–H and O–H groups in total. The van der Waals surface area contributed by atoms with Crippen LogP contribution in [0.15, 0.2) is 83.4 Å². The van der Waals surface area contributed by atoms with Gasteiger partial charge >= 0.3 is 0 Å². The Balaban J connectivity index is 1.31. The van der Waals surface area contributed by atoms with E-state index in [-0.39, 0.29) is 24.2 Å². The van der Waals surface area contributed by atoms with E-state index in [1.807, 2.05) is 61.5 Å². The Labute approximate surface area is 277 Å². The number of ether oxygens (including phenoxy) is 1. The Morgan fingerprint density at radius 1 is 1.09 bits per heavy atom. The summed E-state index contributed by atoms with van der Waals surface area (Å²) in [5, 5.41) is 35.5. The molecule has 236 valence electrons. The molecular weight excluding hydrogens is 683 g/mol. The summed E-state index contributed by atoms with van der Waals surface area (Å²) in [6.07, 6.45) is 3.31. The van der Waals surface area contributed by atoms with Gasteiger partial charge in [0.2, 0.25) is 11.8 Å². The average Bonchev–Trinajstić information content (AvgIpc) is 3.29. The number of nitrogens with zero attached hydrogens (tertiary/aromatic N) is 1. The molecule has 1 aliphatic carbocycles. The zero-order chi connectivity index (χ0) is 32.2. The van der Waals surface area contributed by atoms with Gasteiger partial charge in [0, 0.05) is 17.3 Å². The van der Waals surface area contributed by atoms with Crippen LogP contribution in [0.25, 0.3) is 6.08 Å². The molecule has 45 heavy (non-hydrogen) atoms. The molecule has 3 aromatic carbocycles. The predicted octanol–water partition coefficient (Wildman–Crippen LogP) is 6.82. The number of nitrogens with one attached hydrogen (secondary N) is 1. The van der Waals surface area contributed by atoms with Crippen LogP contribution in [0.5, 0.6) is 11.5 Å². The third kappa shape index (κ3) is 6.80. The normalized spacial score (nSPS) is 20.8. The minimum atomic E-state index is -0.868. The first-order chi connectivity index (χ1) is 21.7. The van der Waals surface area contributed by atoms with Crippen molar-refractivity contribution < 1.29 is 29.6 Å². The molecule has 5 rings (SSSR count). The number of fused-ring (bicyclic) bond motifs is 1. The topological polar surface area (TPSA) is 119 Å². The number of carbonyl (C=O) groups is 2. The standard InChI is InChI=1S/C36H39IN2O6/c1-4-22(17-23-18-29(37)34(42)31(19-23)45-3)10-15-30(41)32-21(2)16-27-33(28(32)20-40)36(44)39(35(27)43)26-13-11-25(12-14-26)38-24-8-6-5-7-9-24/h5-9,11-14,17-19,27-28,30,33,38,40-42H,4,10,15-16,20H2,1-3H3/b22-17+/t27-,28+,30-,33-/m1/s1. The van der Waals surface area contributed by atoms with Crippen molar-refractivity contribution in [1.29, 1.82) is 0 Å². The number of imide groups is 1. The quantitative estimate of drug-likeness (QED) is 0.0975. The third-order valence-corrected chi connectivity index (χ3v) is 9.73. The van der Waals surface area contributed by atoms with Gasteiger partial charge in [0.05, 0.1) is 40.9 Å². The molecule has 2 aliphatic rings. The first kappa shape index (κ1) is 32.7. The van der Waals surface area contributed by atoms with Crippen LogP contribution in [0.4, 0.5) is 17.1 Å². The molecule has 0 radical (unpaired) electrons. The van der Waals surface area contributed by atoms with Gasteiger partial charge in [-0.25, -0.2) is 0 Å². The summed E-state index contributed by atoms with van der Waals surface area (Å²) in [5.41, 5.74) is 5.77. The van der Waals surface area contributed by atoms with E-state index in [1.165, 1.54) is 12.0 Å². The maximum absolute atomic E-state index is 13.8. The van der Waals surface area contributed by atoms with Gasteiger partial charge in [0.25, 0.3) is 0 Å². The van der Waals surface area contributed by atoms with Crippen molar-refractivity contribution in [3.05, 3.63) is 92.6 Å². The SMILES string of the molecule is CC/C(=C\c1cc(I)c(O)c(OC)c1)CC[C@@H](O)C1=C(C)C[C@H]2C(=O)N(c3ccc(Nc4ccccc4)cc3)C(=O)[C@H]2[C@H]1CO. The number of rotatable bonds is 11. The second-order valence-electron chi connectivity index (χ2n) is 11.7. The molecule has 0 aromatic heterocycles. The van der Waals surface area contributed by atoms with Crippen LogP contribution in [0.2, 0.25) is 0 Å². The summed E-state index contributed by atoms with van der Waals surface area (Å²) < 4.78 is 5.98. The lowest BCUT2D eigenvalue weighted by Crippen LogP contribution is -2.38. The molecule has 1 heterocycles. The van der Waals surface area contributed by atoms with E-state index in [0.29, 0.717) is 39.8 Å². The van der Waals surface area contributed by atoms with E-state index < -0.39 is 23.9 Å². The summed E-state index contributed by atoms with van der Waals surface area (Å²) in [4.78, 5) is 28.7. The highest BCUT2D eigenvalue weighted by Crippen LogP contribution is 2.47. The molecule has 0 saturated carbocycles. The lowest BCUT2D eigenvalue weighted by atomic mass is 9.68. The number of methoxy groups -OCH3 is 1. The van der Waals surface area contributed by atoms with E-state index in [2.05, 4.69) is 34.8 Å². The summed E-state index contributed by atoms with van der Waals surface area (Å²) >= 11 is 2.07. The molecule has 1 fully saturated rings. The van der Waals surface area contributed by atoms with Gasteiger partial charge in [0.1, 0.15) is 0 Å². The molecule has 3 aromatic rings. The van der Waals surface area contributed by atoms with Gasteiger partial charge in [0.15, 0.2) is 11.5 Å². The van der Waals surface area contributed by atoms with Crippen LogP contribution < -0.4 is 15.0 Å². The van der Waals surface area contributed by atoms with E-state index >= 15 is 0 Å². The number of phenolic OH excluding ortho intramolecular Hbond substituents is 1. The minimum Gasteiger partial charge on any atom is -0.504 e. The lowest BCUT2D eigenvalue weighted by Gasteiger charge is -2.35. The van der Waals surface area contributed by atoms with Crippen molar-refractivity contribution in [2.45, 2.75) is 45.6 Å². The number of carbonyl (C=O) groups excluding carboxylic acids is 2. The van der Waals surface area contributed by atoms with Crippen molar-refractivity contribution in [1.82, 2.24) is 0 Å². The van der Waals surface area contributed by atoms with Crippen molar-refractivity contribution in [2.24, 2.45) is 17.8 Å². The van der Waals surface area contributed by atoms with Crippen molar-refractivity contribution in [2.75, 3.05) is 23.9 Å². The number of hydrogen-bond acceptors (Lipinski definition) is 7. The summed E-state index contributed by atoms with van der Waals surface area (Å²) in [7, 11) is 1.51. The Morgan fingerprint density at radius 3 is 2.42 bits per heavy atom. The average molecular weight is 723 g/mol. The molecule has 2 amide bonds.